The molecule has 0 saturated carbocycles. The van der Waals surface area contributed by atoms with E-state index in [1.54, 1.807) is 29.8 Å². The van der Waals surface area contributed by atoms with Crippen molar-refractivity contribution in [2.75, 3.05) is 0 Å². The predicted molar refractivity (Wildman–Crippen MR) is 75.0 cm³/mol. The molecule has 6 nitrogen and oxygen atoms in total. The SMILES string of the molecule is CCn1cc(S(=O)(=O)n2c(C)nc3ccccc32)cn1. The average molecular weight is 290 g/mol. The lowest BCUT2D eigenvalue weighted by Crippen LogP contribution is -2.14. The third-order valence-corrected chi connectivity index (χ3v) is 4.90. The van der Waals surface area contributed by atoms with Crippen LogP contribution in [-0.2, 0) is 16.6 Å². The molecule has 0 fully saturated rings. The monoisotopic (exact) mass is 290 g/mol. The van der Waals surface area contributed by atoms with Crippen molar-refractivity contribution in [3.63, 3.8) is 0 Å². The van der Waals surface area contributed by atoms with Crippen LogP contribution in [0.5, 0.6) is 0 Å². The molecule has 20 heavy (non-hydrogen) atoms. The van der Waals surface area contributed by atoms with E-state index in [1.165, 1.54) is 16.4 Å². The van der Waals surface area contributed by atoms with E-state index < -0.39 is 10.0 Å². The van der Waals surface area contributed by atoms with Gasteiger partial charge in [0, 0.05) is 12.7 Å². The lowest BCUT2D eigenvalue weighted by Gasteiger charge is -2.06. The minimum Gasteiger partial charge on any atom is -0.272 e. The molecule has 0 aliphatic rings. The Morgan fingerprint density at radius 2 is 2.00 bits per heavy atom. The van der Waals surface area contributed by atoms with E-state index in [1.807, 2.05) is 13.0 Å². The minimum absolute atomic E-state index is 0.172. The van der Waals surface area contributed by atoms with Crippen LogP contribution in [0.2, 0.25) is 0 Å². The number of hydrogen-bond acceptors (Lipinski definition) is 4. The molecule has 0 aliphatic heterocycles. The number of hydrogen-bond donors (Lipinski definition) is 0. The first-order valence-electron chi connectivity index (χ1n) is 6.26. The van der Waals surface area contributed by atoms with Crippen molar-refractivity contribution >= 4 is 21.1 Å². The van der Waals surface area contributed by atoms with Gasteiger partial charge in [0.25, 0.3) is 10.0 Å². The molecule has 1 aromatic carbocycles. The predicted octanol–water partition coefficient (Wildman–Crippen LogP) is 1.80. The Labute approximate surface area is 116 Å². The molecule has 0 spiro atoms. The van der Waals surface area contributed by atoms with Crippen molar-refractivity contribution in [1.29, 1.82) is 0 Å². The van der Waals surface area contributed by atoms with Gasteiger partial charge < -0.3 is 0 Å². The first kappa shape index (κ1) is 12.9. The molecule has 2 heterocycles. The van der Waals surface area contributed by atoms with Gasteiger partial charge in [0.15, 0.2) is 0 Å². The van der Waals surface area contributed by atoms with Gasteiger partial charge in [-0.3, -0.25) is 4.68 Å². The summed E-state index contributed by atoms with van der Waals surface area (Å²) in [6, 6.07) is 7.17. The van der Waals surface area contributed by atoms with E-state index in [0.29, 0.717) is 23.4 Å². The summed E-state index contributed by atoms with van der Waals surface area (Å²) in [5.74, 6) is 0.440. The Hall–Kier alpha value is -2.15. The van der Waals surface area contributed by atoms with E-state index in [2.05, 4.69) is 10.1 Å². The van der Waals surface area contributed by atoms with Crippen LogP contribution in [0.1, 0.15) is 12.7 Å². The summed E-state index contributed by atoms with van der Waals surface area (Å²) in [5.41, 5.74) is 1.24. The number of rotatable bonds is 3. The Morgan fingerprint density at radius 3 is 2.70 bits per heavy atom. The van der Waals surface area contributed by atoms with Crippen molar-refractivity contribution < 1.29 is 8.42 Å². The minimum atomic E-state index is -3.67. The van der Waals surface area contributed by atoms with Crippen molar-refractivity contribution in [2.24, 2.45) is 0 Å². The highest BCUT2D eigenvalue weighted by molar-refractivity contribution is 7.90. The molecule has 104 valence electrons. The van der Waals surface area contributed by atoms with Crippen LogP contribution < -0.4 is 0 Å². The maximum Gasteiger partial charge on any atom is 0.272 e. The van der Waals surface area contributed by atoms with Crippen LogP contribution in [0.3, 0.4) is 0 Å². The number of imidazole rings is 1. The zero-order chi connectivity index (χ0) is 14.3. The molecule has 3 rings (SSSR count). The van der Waals surface area contributed by atoms with E-state index in [-0.39, 0.29) is 4.90 Å². The summed E-state index contributed by atoms with van der Waals surface area (Å²) in [6.07, 6.45) is 2.90. The van der Waals surface area contributed by atoms with Gasteiger partial charge in [-0.25, -0.2) is 17.4 Å². The number of fused-ring (bicyclic) bond motifs is 1. The van der Waals surface area contributed by atoms with Gasteiger partial charge >= 0.3 is 0 Å². The third kappa shape index (κ3) is 1.82. The molecule has 0 saturated heterocycles. The van der Waals surface area contributed by atoms with Gasteiger partial charge in [0.2, 0.25) is 0 Å². The van der Waals surface area contributed by atoms with Gasteiger partial charge in [-0.1, -0.05) is 12.1 Å². The van der Waals surface area contributed by atoms with E-state index in [9.17, 15) is 8.42 Å². The number of aryl methyl sites for hydroxylation is 2. The zero-order valence-electron chi connectivity index (χ0n) is 11.2. The second-order valence-electron chi connectivity index (χ2n) is 4.45. The maximum absolute atomic E-state index is 12.7. The molecular weight excluding hydrogens is 276 g/mol. The zero-order valence-corrected chi connectivity index (χ0v) is 12.0. The molecule has 0 amide bonds. The summed E-state index contributed by atoms with van der Waals surface area (Å²) >= 11 is 0. The summed E-state index contributed by atoms with van der Waals surface area (Å²) in [7, 11) is -3.67. The standard InChI is InChI=1S/C13H14N4O2S/c1-3-16-9-11(8-14-16)20(18,19)17-10(2)15-12-6-4-5-7-13(12)17/h4-9H,3H2,1-2H3. The topological polar surface area (TPSA) is 69.8 Å². The second-order valence-corrected chi connectivity index (χ2v) is 6.24. The van der Waals surface area contributed by atoms with Gasteiger partial charge in [0.05, 0.1) is 17.2 Å². The molecule has 0 radical (unpaired) electrons. The summed E-state index contributed by atoms with van der Waals surface area (Å²) in [5, 5.41) is 4.02. The van der Waals surface area contributed by atoms with Crippen LogP contribution in [0, 0.1) is 6.92 Å². The van der Waals surface area contributed by atoms with Gasteiger partial charge in [0.1, 0.15) is 10.7 Å². The molecule has 3 aromatic rings. The van der Waals surface area contributed by atoms with E-state index in [4.69, 9.17) is 0 Å². The first-order valence-corrected chi connectivity index (χ1v) is 7.70. The third-order valence-electron chi connectivity index (χ3n) is 3.15. The molecule has 0 unspecified atom stereocenters. The average Bonchev–Trinajstić information content (AvgIpc) is 3.01. The van der Waals surface area contributed by atoms with E-state index in [0.717, 1.165) is 0 Å². The quantitative estimate of drug-likeness (QED) is 0.737. The highest BCUT2D eigenvalue weighted by Crippen LogP contribution is 2.22. The van der Waals surface area contributed by atoms with Crippen molar-refractivity contribution in [1.82, 2.24) is 18.7 Å². The molecule has 0 bridgehead atoms. The van der Waals surface area contributed by atoms with E-state index >= 15 is 0 Å². The lowest BCUT2D eigenvalue weighted by molar-refractivity contribution is 0.587. The second kappa shape index (κ2) is 4.45. The van der Waals surface area contributed by atoms with Crippen LogP contribution in [-0.4, -0.2) is 27.2 Å². The van der Waals surface area contributed by atoms with Crippen LogP contribution in [0.25, 0.3) is 11.0 Å². The summed E-state index contributed by atoms with van der Waals surface area (Å²) < 4.78 is 28.3. The number of para-hydroxylation sites is 2. The number of aromatic nitrogens is 4. The fraction of sp³-hybridized carbons (Fsp3) is 0.231. The lowest BCUT2D eigenvalue weighted by atomic mass is 10.3. The van der Waals surface area contributed by atoms with Crippen molar-refractivity contribution in [2.45, 2.75) is 25.3 Å². The largest absolute Gasteiger partial charge is 0.272 e. The Kier molecular flexibility index (Phi) is 2.86. The number of nitrogens with zero attached hydrogens (tertiary/aromatic N) is 4. The smallest absolute Gasteiger partial charge is 0.272 e. The molecule has 2 aromatic heterocycles. The highest BCUT2D eigenvalue weighted by Gasteiger charge is 2.23. The molecule has 7 heteroatoms. The van der Waals surface area contributed by atoms with Crippen molar-refractivity contribution in [3.8, 4) is 0 Å². The molecule has 0 N–H and O–H groups in total. The van der Waals surface area contributed by atoms with Crippen LogP contribution >= 0.6 is 0 Å². The molecule has 0 aliphatic carbocycles. The van der Waals surface area contributed by atoms with Gasteiger partial charge in [-0.05, 0) is 26.0 Å². The Bertz CT molecular complexity index is 877. The fourth-order valence-electron chi connectivity index (χ4n) is 2.18. The van der Waals surface area contributed by atoms with Crippen LogP contribution in [0.4, 0.5) is 0 Å². The summed E-state index contributed by atoms with van der Waals surface area (Å²) in [6.45, 7) is 4.21. The molecule has 0 atom stereocenters. The Balaban J connectivity index is 2.26. The van der Waals surface area contributed by atoms with Crippen molar-refractivity contribution in [3.05, 3.63) is 42.5 Å². The van der Waals surface area contributed by atoms with Crippen LogP contribution in [0.15, 0.2) is 41.6 Å². The normalized spacial score (nSPS) is 12.1. The fourth-order valence-corrected chi connectivity index (χ4v) is 3.63. The number of benzene rings is 1. The van der Waals surface area contributed by atoms with Gasteiger partial charge in [-0.15, -0.1) is 0 Å². The summed E-state index contributed by atoms with van der Waals surface area (Å²) in [4.78, 5) is 4.46. The van der Waals surface area contributed by atoms with Gasteiger partial charge in [-0.2, -0.15) is 5.10 Å². The highest BCUT2D eigenvalue weighted by atomic mass is 32.2. The first-order chi connectivity index (χ1) is 9.54. The molecular formula is C13H14N4O2S. The maximum atomic E-state index is 12.7. The Morgan fingerprint density at radius 1 is 1.25 bits per heavy atom.